The van der Waals surface area contributed by atoms with E-state index < -0.39 is 0 Å². The molecule has 1 aromatic rings. The Morgan fingerprint density at radius 3 is 2.41 bits per heavy atom. The number of hydrogen-bond acceptors (Lipinski definition) is 0. The van der Waals surface area contributed by atoms with E-state index in [1.54, 1.807) is 0 Å². The van der Waals surface area contributed by atoms with Crippen molar-refractivity contribution in [3.05, 3.63) is 32.2 Å². The molecular formula is C14H19Br3. The highest BCUT2D eigenvalue weighted by Gasteiger charge is 2.12. The minimum Gasteiger partial charge on any atom is -0.0838 e. The van der Waals surface area contributed by atoms with Gasteiger partial charge in [-0.2, -0.15) is 0 Å². The summed E-state index contributed by atoms with van der Waals surface area (Å²) in [6.45, 7) is 4.36. The lowest BCUT2D eigenvalue weighted by atomic mass is 10.0. The van der Waals surface area contributed by atoms with Gasteiger partial charge in [0.05, 0.1) is 0 Å². The van der Waals surface area contributed by atoms with Crippen LogP contribution in [0.3, 0.4) is 0 Å². The van der Waals surface area contributed by atoms with Crippen LogP contribution in [0.2, 0.25) is 0 Å². The minimum absolute atomic E-state index is 0.450. The monoisotopic (exact) mass is 424 g/mol. The molecule has 0 saturated heterocycles. The minimum atomic E-state index is 0.450. The third-order valence-electron chi connectivity index (χ3n) is 2.93. The van der Waals surface area contributed by atoms with Crippen LogP contribution in [0.4, 0.5) is 0 Å². The maximum Gasteiger partial charge on any atom is 0.0406 e. The molecule has 1 rings (SSSR count). The number of rotatable bonds is 6. The molecule has 1 atom stereocenters. The van der Waals surface area contributed by atoms with Gasteiger partial charge < -0.3 is 0 Å². The van der Waals surface area contributed by atoms with E-state index >= 15 is 0 Å². The van der Waals surface area contributed by atoms with E-state index in [0.29, 0.717) is 4.83 Å². The number of halogens is 3. The first kappa shape index (κ1) is 15.7. The molecule has 0 aromatic heterocycles. The third kappa shape index (κ3) is 5.04. The van der Waals surface area contributed by atoms with E-state index in [-0.39, 0.29) is 0 Å². The first-order chi connectivity index (χ1) is 8.06. The quantitative estimate of drug-likeness (QED) is 0.342. The molecule has 1 aromatic carbocycles. The average Bonchev–Trinajstić information content (AvgIpc) is 2.29. The maximum atomic E-state index is 3.80. The zero-order valence-corrected chi connectivity index (χ0v) is 15.2. The van der Waals surface area contributed by atoms with Crippen LogP contribution in [-0.2, 0) is 0 Å². The van der Waals surface area contributed by atoms with Crippen molar-refractivity contribution in [1.82, 2.24) is 0 Å². The Balaban J connectivity index is 2.62. The van der Waals surface area contributed by atoms with Gasteiger partial charge >= 0.3 is 0 Å². The second-order valence-electron chi connectivity index (χ2n) is 4.44. The highest BCUT2D eigenvalue weighted by atomic mass is 79.9. The van der Waals surface area contributed by atoms with Crippen LogP contribution in [0.1, 0.15) is 55.0 Å². The number of hydrogen-bond donors (Lipinski definition) is 0. The van der Waals surface area contributed by atoms with Gasteiger partial charge in [0, 0.05) is 13.8 Å². The molecule has 96 valence electrons. The Morgan fingerprint density at radius 2 is 1.76 bits per heavy atom. The van der Waals surface area contributed by atoms with Gasteiger partial charge in [0.25, 0.3) is 0 Å². The number of unbranched alkanes of at least 4 members (excludes halogenated alkanes) is 3. The highest BCUT2D eigenvalue weighted by Crippen LogP contribution is 2.36. The van der Waals surface area contributed by atoms with Crippen LogP contribution in [0.5, 0.6) is 0 Å². The first-order valence-corrected chi connectivity index (χ1v) is 8.66. The van der Waals surface area contributed by atoms with Crippen LogP contribution in [0, 0.1) is 6.92 Å². The van der Waals surface area contributed by atoms with Gasteiger partial charge in [-0.15, -0.1) is 0 Å². The summed E-state index contributed by atoms with van der Waals surface area (Å²) in [6.07, 6.45) is 6.48. The molecule has 0 aliphatic rings. The summed E-state index contributed by atoms with van der Waals surface area (Å²) in [5.74, 6) is 0. The SMILES string of the molecule is CCCCCCC(Br)c1cc(Br)c(C)cc1Br. The van der Waals surface area contributed by atoms with Crippen molar-refractivity contribution >= 4 is 47.8 Å². The molecule has 0 fully saturated rings. The Bertz CT molecular complexity index is 361. The van der Waals surface area contributed by atoms with E-state index in [1.807, 2.05) is 0 Å². The first-order valence-electron chi connectivity index (χ1n) is 6.15. The fraction of sp³-hybridized carbons (Fsp3) is 0.571. The average molecular weight is 427 g/mol. The molecule has 0 aliphatic heterocycles. The predicted molar refractivity (Wildman–Crippen MR) is 87.0 cm³/mol. The van der Waals surface area contributed by atoms with Crippen molar-refractivity contribution in [2.75, 3.05) is 0 Å². The van der Waals surface area contributed by atoms with Crippen LogP contribution in [0.15, 0.2) is 21.1 Å². The molecule has 0 aliphatic carbocycles. The van der Waals surface area contributed by atoms with Gasteiger partial charge in [-0.25, -0.2) is 0 Å². The van der Waals surface area contributed by atoms with Gasteiger partial charge in [0.15, 0.2) is 0 Å². The molecule has 0 heterocycles. The lowest BCUT2D eigenvalue weighted by molar-refractivity contribution is 0.629. The van der Waals surface area contributed by atoms with Gasteiger partial charge in [0.1, 0.15) is 0 Å². The summed E-state index contributed by atoms with van der Waals surface area (Å²) < 4.78 is 2.39. The fourth-order valence-electron chi connectivity index (χ4n) is 1.81. The Hall–Kier alpha value is 0.660. The van der Waals surface area contributed by atoms with E-state index in [4.69, 9.17) is 0 Å². The molecule has 0 saturated carbocycles. The fourth-order valence-corrected chi connectivity index (χ4v) is 3.91. The standard InChI is InChI=1S/C14H19Br3/c1-3-4-5-6-7-12(15)11-9-13(16)10(2)8-14(11)17/h8-9,12H,3-7H2,1-2H3. The van der Waals surface area contributed by atoms with Gasteiger partial charge in [-0.3, -0.25) is 0 Å². The summed E-state index contributed by atoms with van der Waals surface area (Å²) in [5, 5.41) is 0. The largest absolute Gasteiger partial charge is 0.0838 e. The Morgan fingerprint density at radius 1 is 1.06 bits per heavy atom. The Labute approximate surface area is 130 Å². The number of aryl methyl sites for hydroxylation is 1. The van der Waals surface area contributed by atoms with E-state index in [9.17, 15) is 0 Å². The van der Waals surface area contributed by atoms with Crippen LogP contribution in [-0.4, -0.2) is 0 Å². The predicted octanol–water partition coefficient (Wildman–Crippen LogP) is 6.93. The molecule has 0 radical (unpaired) electrons. The maximum absolute atomic E-state index is 3.80. The number of alkyl halides is 1. The summed E-state index contributed by atoms with van der Waals surface area (Å²) in [6, 6.07) is 4.40. The smallest absolute Gasteiger partial charge is 0.0406 e. The van der Waals surface area contributed by atoms with E-state index in [1.165, 1.54) is 52.2 Å². The molecule has 0 spiro atoms. The molecule has 17 heavy (non-hydrogen) atoms. The molecule has 0 amide bonds. The molecule has 0 bridgehead atoms. The van der Waals surface area contributed by atoms with Crippen molar-refractivity contribution < 1.29 is 0 Å². The molecule has 1 unspecified atom stereocenters. The van der Waals surface area contributed by atoms with Crippen molar-refractivity contribution in [3.8, 4) is 0 Å². The summed E-state index contributed by atoms with van der Waals surface area (Å²) in [7, 11) is 0. The Kier molecular flexibility index (Phi) is 7.36. The van der Waals surface area contributed by atoms with E-state index in [0.717, 1.165) is 0 Å². The molecule has 0 nitrogen and oxygen atoms in total. The van der Waals surface area contributed by atoms with Gasteiger partial charge in [-0.1, -0.05) is 80.4 Å². The molecule has 0 N–H and O–H groups in total. The summed E-state index contributed by atoms with van der Waals surface area (Å²) >= 11 is 11.1. The molecule has 3 heteroatoms. The van der Waals surface area contributed by atoms with Crippen molar-refractivity contribution in [1.29, 1.82) is 0 Å². The van der Waals surface area contributed by atoms with Crippen molar-refractivity contribution in [2.45, 2.75) is 50.8 Å². The van der Waals surface area contributed by atoms with Gasteiger partial charge in [-0.05, 0) is 36.6 Å². The molecular weight excluding hydrogens is 408 g/mol. The van der Waals surface area contributed by atoms with Gasteiger partial charge in [0.2, 0.25) is 0 Å². The normalized spacial score (nSPS) is 12.8. The second kappa shape index (κ2) is 7.96. The second-order valence-corrected chi connectivity index (χ2v) is 7.25. The van der Waals surface area contributed by atoms with Crippen LogP contribution in [0.25, 0.3) is 0 Å². The van der Waals surface area contributed by atoms with Crippen LogP contribution < -0.4 is 0 Å². The van der Waals surface area contributed by atoms with Crippen molar-refractivity contribution in [2.24, 2.45) is 0 Å². The zero-order valence-electron chi connectivity index (χ0n) is 10.4. The lowest BCUT2D eigenvalue weighted by Crippen LogP contribution is -1.93. The highest BCUT2D eigenvalue weighted by molar-refractivity contribution is 9.11. The zero-order chi connectivity index (χ0) is 12.8. The van der Waals surface area contributed by atoms with Crippen LogP contribution >= 0.6 is 47.8 Å². The van der Waals surface area contributed by atoms with Crippen molar-refractivity contribution in [3.63, 3.8) is 0 Å². The topological polar surface area (TPSA) is 0 Å². The van der Waals surface area contributed by atoms with E-state index in [2.05, 4.69) is 73.8 Å². The lowest BCUT2D eigenvalue weighted by Gasteiger charge is -2.14. The summed E-state index contributed by atoms with van der Waals surface area (Å²) in [4.78, 5) is 0.450. The number of benzene rings is 1. The third-order valence-corrected chi connectivity index (χ3v) is 5.42. The summed E-state index contributed by atoms with van der Waals surface area (Å²) in [5.41, 5.74) is 2.62.